The fourth-order valence-corrected chi connectivity index (χ4v) is 3.67. The molecule has 1 aliphatic rings. The predicted molar refractivity (Wildman–Crippen MR) is 110 cm³/mol. The summed E-state index contributed by atoms with van der Waals surface area (Å²) in [7, 11) is 0. The highest BCUT2D eigenvalue weighted by molar-refractivity contribution is 6.39. The van der Waals surface area contributed by atoms with Gasteiger partial charge in [-0.05, 0) is 55.2 Å². The van der Waals surface area contributed by atoms with Crippen molar-refractivity contribution in [3.63, 3.8) is 0 Å². The molecule has 29 heavy (non-hydrogen) atoms. The van der Waals surface area contributed by atoms with Crippen molar-refractivity contribution >= 4 is 23.4 Å². The normalized spacial score (nSPS) is 15.8. The largest absolute Gasteiger partial charge is 0.339 e. The van der Waals surface area contributed by atoms with Gasteiger partial charge in [-0.1, -0.05) is 12.1 Å². The molecule has 1 unspecified atom stereocenters. The Balaban J connectivity index is 1.67. The van der Waals surface area contributed by atoms with E-state index in [1.54, 1.807) is 40.4 Å². The van der Waals surface area contributed by atoms with Gasteiger partial charge in [0.2, 0.25) is 5.91 Å². The van der Waals surface area contributed by atoms with E-state index in [0.717, 1.165) is 24.0 Å². The van der Waals surface area contributed by atoms with Gasteiger partial charge < -0.3 is 15.1 Å². The average Bonchev–Trinajstić information content (AvgIpc) is 3.22. The Morgan fingerprint density at radius 2 is 1.97 bits per heavy atom. The van der Waals surface area contributed by atoms with Crippen LogP contribution in [0.25, 0.3) is 0 Å². The number of likely N-dealkylation sites (tertiary alicyclic amines) is 1. The van der Waals surface area contributed by atoms with Gasteiger partial charge in [0.15, 0.2) is 0 Å². The summed E-state index contributed by atoms with van der Waals surface area (Å²) in [5, 5.41) is 2.71. The van der Waals surface area contributed by atoms with Crippen molar-refractivity contribution in [3.8, 4) is 0 Å². The molecule has 0 spiro atoms. The molecular weight excluding hydrogens is 368 g/mol. The first kappa shape index (κ1) is 20.5. The molecule has 1 aromatic heterocycles. The highest BCUT2D eigenvalue weighted by Gasteiger charge is 2.33. The summed E-state index contributed by atoms with van der Waals surface area (Å²) >= 11 is 0. The summed E-state index contributed by atoms with van der Waals surface area (Å²) in [6.07, 6.45) is 5.08. The van der Waals surface area contributed by atoms with Crippen LogP contribution in [0.1, 0.15) is 43.9 Å². The minimum Gasteiger partial charge on any atom is -0.339 e. The quantitative estimate of drug-likeness (QED) is 0.791. The Morgan fingerprint density at radius 1 is 1.21 bits per heavy atom. The van der Waals surface area contributed by atoms with Gasteiger partial charge >= 0.3 is 11.8 Å². The molecule has 0 bridgehead atoms. The van der Waals surface area contributed by atoms with E-state index < -0.39 is 11.8 Å². The van der Waals surface area contributed by atoms with Crippen molar-refractivity contribution in [2.45, 2.75) is 39.3 Å². The van der Waals surface area contributed by atoms with Gasteiger partial charge in [0.25, 0.3) is 0 Å². The first-order chi connectivity index (χ1) is 14.0. The number of carbonyl (C=O) groups excluding carboxylic acids is 3. The van der Waals surface area contributed by atoms with Crippen LogP contribution in [0, 0.1) is 0 Å². The van der Waals surface area contributed by atoms with Gasteiger partial charge in [0.1, 0.15) is 0 Å². The average molecular weight is 394 g/mol. The van der Waals surface area contributed by atoms with Crippen LogP contribution < -0.4 is 5.32 Å². The third-order valence-corrected chi connectivity index (χ3v) is 5.18. The van der Waals surface area contributed by atoms with Gasteiger partial charge in [-0.25, -0.2) is 0 Å². The second-order valence-corrected chi connectivity index (χ2v) is 7.12. The first-order valence-corrected chi connectivity index (χ1v) is 9.86. The minimum atomic E-state index is -0.651. The zero-order valence-electron chi connectivity index (χ0n) is 16.8. The molecule has 3 amide bonds. The number of amides is 3. The SMILES string of the molecule is CCN(Cc1cccc(NC(=O)C(=O)N2CCCC2c2ccncc2)c1)C(C)=O. The van der Waals surface area contributed by atoms with Crippen LogP contribution >= 0.6 is 0 Å². The number of hydrogen-bond donors (Lipinski definition) is 1. The van der Waals surface area contributed by atoms with E-state index in [2.05, 4.69) is 10.3 Å². The molecule has 0 radical (unpaired) electrons. The molecule has 1 aromatic carbocycles. The maximum atomic E-state index is 12.8. The number of carbonyl (C=O) groups is 3. The van der Waals surface area contributed by atoms with Crippen LogP contribution in [0.2, 0.25) is 0 Å². The molecule has 1 aliphatic heterocycles. The smallest absolute Gasteiger partial charge is 0.313 e. The van der Waals surface area contributed by atoms with Crippen molar-refractivity contribution in [2.24, 2.45) is 0 Å². The van der Waals surface area contributed by atoms with Gasteiger partial charge in [0, 0.05) is 44.6 Å². The van der Waals surface area contributed by atoms with Crippen molar-refractivity contribution in [1.82, 2.24) is 14.8 Å². The van der Waals surface area contributed by atoms with Gasteiger partial charge in [-0.2, -0.15) is 0 Å². The van der Waals surface area contributed by atoms with E-state index in [4.69, 9.17) is 0 Å². The molecule has 0 aliphatic carbocycles. The lowest BCUT2D eigenvalue weighted by molar-refractivity contribution is -0.143. The van der Waals surface area contributed by atoms with E-state index in [1.807, 2.05) is 25.1 Å². The zero-order chi connectivity index (χ0) is 20.8. The van der Waals surface area contributed by atoms with Crippen molar-refractivity contribution in [1.29, 1.82) is 0 Å². The minimum absolute atomic E-state index is 0.00620. The molecule has 1 fully saturated rings. The van der Waals surface area contributed by atoms with Crippen LogP contribution in [-0.4, -0.2) is 45.6 Å². The Labute approximate surface area is 170 Å². The lowest BCUT2D eigenvalue weighted by atomic mass is 10.1. The summed E-state index contributed by atoms with van der Waals surface area (Å²) in [6.45, 7) is 5.07. The fraction of sp³-hybridized carbons (Fsp3) is 0.364. The third-order valence-electron chi connectivity index (χ3n) is 5.18. The molecule has 7 heteroatoms. The van der Waals surface area contributed by atoms with E-state index in [-0.39, 0.29) is 11.9 Å². The molecular formula is C22H26N4O3. The number of nitrogens with zero attached hydrogens (tertiary/aromatic N) is 3. The maximum absolute atomic E-state index is 12.8. The Hall–Kier alpha value is -3.22. The summed E-state index contributed by atoms with van der Waals surface area (Å²) in [6, 6.07) is 10.9. The van der Waals surface area contributed by atoms with E-state index in [0.29, 0.717) is 25.3 Å². The Bertz CT molecular complexity index is 885. The summed E-state index contributed by atoms with van der Waals surface area (Å²) in [4.78, 5) is 44.3. The van der Waals surface area contributed by atoms with Crippen LogP contribution in [0.4, 0.5) is 5.69 Å². The molecule has 3 rings (SSSR count). The van der Waals surface area contributed by atoms with Gasteiger partial charge in [-0.3, -0.25) is 19.4 Å². The molecule has 1 N–H and O–H groups in total. The van der Waals surface area contributed by atoms with Crippen molar-refractivity contribution < 1.29 is 14.4 Å². The fourth-order valence-electron chi connectivity index (χ4n) is 3.67. The summed E-state index contributed by atoms with van der Waals surface area (Å²) < 4.78 is 0. The maximum Gasteiger partial charge on any atom is 0.313 e. The van der Waals surface area contributed by atoms with Gasteiger partial charge in [-0.15, -0.1) is 0 Å². The number of aromatic nitrogens is 1. The van der Waals surface area contributed by atoms with E-state index >= 15 is 0 Å². The summed E-state index contributed by atoms with van der Waals surface area (Å²) in [5.41, 5.74) is 2.42. The number of benzene rings is 1. The number of anilines is 1. The Kier molecular flexibility index (Phi) is 6.59. The van der Waals surface area contributed by atoms with E-state index in [9.17, 15) is 14.4 Å². The van der Waals surface area contributed by atoms with Crippen LogP contribution in [0.5, 0.6) is 0 Å². The molecule has 1 atom stereocenters. The molecule has 2 heterocycles. The molecule has 7 nitrogen and oxygen atoms in total. The number of pyridine rings is 1. The lowest BCUT2D eigenvalue weighted by Gasteiger charge is -2.24. The monoisotopic (exact) mass is 394 g/mol. The van der Waals surface area contributed by atoms with Crippen molar-refractivity contribution in [2.75, 3.05) is 18.4 Å². The number of nitrogens with one attached hydrogen (secondary N) is 1. The molecule has 2 aromatic rings. The van der Waals surface area contributed by atoms with Crippen molar-refractivity contribution in [3.05, 3.63) is 59.9 Å². The standard InChI is InChI=1S/C22H26N4O3/c1-3-25(16(2)27)15-17-6-4-7-19(14-17)24-21(28)22(29)26-13-5-8-20(26)18-9-11-23-12-10-18/h4,6-7,9-12,14,20H,3,5,8,13,15H2,1-2H3,(H,24,28). The first-order valence-electron chi connectivity index (χ1n) is 9.86. The number of rotatable bonds is 5. The highest BCUT2D eigenvalue weighted by atomic mass is 16.2. The zero-order valence-corrected chi connectivity index (χ0v) is 16.8. The van der Waals surface area contributed by atoms with Crippen LogP contribution in [0.3, 0.4) is 0 Å². The lowest BCUT2D eigenvalue weighted by Crippen LogP contribution is -2.39. The third kappa shape index (κ3) is 4.99. The van der Waals surface area contributed by atoms with Crippen LogP contribution in [-0.2, 0) is 20.9 Å². The second-order valence-electron chi connectivity index (χ2n) is 7.12. The van der Waals surface area contributed by atoms with E-state index in [1.165, 1.54) is 6.92 Å². The Morgan fingerprint density at radius 3 is 2.66 bits per heavy atom. The molecule has 152 valence electrons. The predicted octanol–water partition coefficient (Wildman–Crippen LogP) is 2.75. The van der Waals surface area contributed by atoms with Crippen LogP contribution in [0.15, 0.2) is 48.8 Å². The topological polar surface area (TPSA) is 82.6 Å². The second kappa shape index (κ2) is 9.32. The highest BCUT2D eigenvalue weighted by Crippen LogP contribution is 2.31. The summed E-state index contributed by atoms with van der Waals surface area (Å²) in [5.74, 6) is -1.19. The number of hydrogen-bond acceptors (Lipinski definition) is 4. The molecule has 1 saturated heterocycles. The molecule has 0 saturated carbocycles. The van der Waals surface area contributed by atoms with Gasteiger partial charge in [0.05, 0.1) is 6.04 Å².